The highest BCUT2D eigenvalue weighted by atomic mass is 79.9. The summed E-state index contributed by atoms with van der Waals surface area (Å²) in [7, 11) is 0. The number of benzene rings is 3. The zero-order valence-corrected chi connectivity index (χ0v) is 20.7. The fourth-order valence-electron chi connectivity index (χ4n) is 4.24. The maximum absolute atomic E-state index is 12.8. The first kappa shape index (κ1) is 22.5. The molecule has 172 valence electrons. The molecule has 0 aliphatic heterocycles. The molecule has 3 aromatic carbocycles. The van der Waals surface area contributed by atoms with Crippen LogP contribution < -0.4 is 10.2 Å². The smallest absolute Gasteiger partial charge is 0.222 e. The minimum Gasteiger partial charge on any atom is -0.352 e. The van der Waals surface area contributed by atoms with E-state index in [-0.39, 0.29) is 11.9 Å². The number of nitrogens with one attached hydrogen (secondary N) is 1. The van der Waals surface area contributed by atoms with Gasteiger partial charge in [-0.1, -0.05) is 70.5 Å². The van der Waals surface area contributed by atoms with Gasteiger partial charge in [-0.2, -0.15) is 0 Å². The highest BCUT2D eigenvalue weighted by molar-refractivity contribution is 9.10. The molecule has 1 aliphatic carbocycles. The highest BCUT2D eigenvalue weighted by Gasteiger charge is 2.32. The van der Waals surface area contributed by atoms with Gasteiger partial charge in [-0.3, -0.25) is 4.79 Å². The van der Waals surface area contributed by atoms with E-state index in [2.05, 4.69) is 32.2 Å². The number of halogens is 1. The third kappa shape index (κ3) is 5.12. The van der Waals surface area contributed by atoms with E-state index >= 15 is 0 Å². The van der Waals surface area contributed by atoms with E-state index in [0.717, 1.165) is 45.2 Å². The molecular formula is C28H27BrN4O. The summed E-state index contributed by atoms with van der Waals surface area (Å²) in [5.74, 6) is 1.65. The van der Waals surface area contributed by atoms with Gasteiger partial charge in [0.2, 0.25) is 5.91 Å². The standard InChI is InChI=1S/C28H27BrN4O/c1-19(20-8-3-2-4-9-20)30-26(34)16-17-33(23-14-15-23)28-24-12-5-6-13-25(24)31-27(32-28)21-10-7-11-22(29)18-21/h2-13,18-19,23H,14-17H2,1H3,(H,30,34)/t19-/m1/s1. The molecule has 6 heteroatoms. The SMILES string of the molecule is C[C@@H](NC(=O)CCN(c1nc(-c2cccc(Br)c2)nc2ccccc12)C1CC1)c1ccccc1. The van der Waals surface area contributed by atoms with Crippen LogP contribution in [-0.2, 0) is 4.79 Å². The second-order valence-electron chi connectivity index (χ2n) is 8.77. The minimum atomic E-state index is -0.0221. The van der Waals surface area contributed by atoms with E-state index < -0.39 is 0 Å². The van der Waals surface area contributed by atoms with Crippen molar-refractivity contribution < 1.29 is 4.79 Å². The first-order valence-corrected chi connectivity index (χ1v) is 12.5. The zero-order chi connectivity index (χ0) is 23.5. The van der Waals surface area contributed by atoms with Gasteiger partial charge in [-0.05, 0) is 49.6 Å². The van der Waals surface area contributed by atoms with Gasteiger partial charge in [-0.15, -0.1) is 0 Å². The van der Waals surface area contributed by atoms with Gasteiger partial charge in [0.1, 0.15) is 5.82 Å². The lowest BCUT2D eigenvalue weighted by Crippen LogP contribution is -2.34. The van der Waals surface area contributed by atoms with Gasteiger partial charge in [0, 0.05) is 34.4 Å². The average Bonchev–Trinajstić information content (AvgIpc) is 3.70. The lowest BCUT2D eigenvalue weighted by molar-refractivity contribution is -0.121. The molecule has 0 saturated heterocycles. The Morgan fingerprint density at radius 2 is 1.79 bits per heavy atom. The summed E-state index contributed by atoms with van der Waals surface area (Å²) in [6.45, 7) is 2.64. The fraction of sp³-hybridized carbons (Fsp3) is 0.250. The Morgan fingerprint density at radius 1 is 1.03 bits per heavy atom. The largest absolute Gasteiger partial charge is 0.352 e. The maximum atomic E-state index is 12.8. The van der Waals surface area contributed by atoms with E-state index in [1.54, 1.807) is 0 Å². The number of fused-ring (bicyclic) bond motifs is 1. The Kier molecular flexibility index (Phi) is 6.59. The van der Waals surface area contributed by atoms with E-state index in [1.807, 2.05) is 79.7 Å². The van der Waals surface area contributed by atoms with Crippen molar-refractivity contribution in [3.63, 3.8) is 0 Å². The Bertz CT molecular complexity index is 1310. The summed E-state index contributed by atoms with van der Waals surface area (Å²) in [6.07, 6.45) is 2.65. The summed E-state index contributed by atoms with van der Waals surface area (Å²) in [5, 5.41) is 4.16. The topological polar surface area (TPSA) is 58.1 Å². The molecule has 1 N–H and O–H groups in total. The van der Waals surface area contributed by atoms with Crippen molar-refractivity contribution in [2.45, 2.75) is 38.3 Å². The van der Waals surface area contributed by atoms with Gasteiger partial charge in [0.25, 0.3) is 0 Å². The predicted octanol–water partition coefficient (Wildman–Crippen LogP) is 6.30. The Morgan fingerprint density at radius 3 is 2.56 bits per heavy atom. The fourth-order valence-corrected chi connectivity index (χ4v) is 4.64. The van der Waals surface area contributed by atoms with E-state index in [4.69, 9.17) is 9.97 Å². The van der Waals surface area contributed by atoms with Crippen LogP contribution in [-0.4, -0.2) is 28.5 Å². The van der Waals surface area contributed by atoms with E-state index in [9.17, 15) is 4.79 Å². The number of hydrogen-bond donors (Lipinski definition) is 1. The highest BCUT2D eigenvalue weighted by Crippen LogP contribution is 2.36. The van der Waals surface area contributed by atoms with Crippen LogP contribution in [0.1, 0.15) is 37.8 Å². The second-order valence-corrected chi connectivity index (χ2v) is 9.69. The molecule has 0 unspecified atom stereocenters. The lowest BCUT2D eigenvalue weighted by Gasteiger charge is -2.25. The molecule has 1 heterocycles. The lowest BCUT2D eigenvalue weighted by atomic mass is 10.1. The Balaban J connectivity index is 1.40. The zero-order valence-electron chi connectivity index (χ0n) is 19.1. The van der Waals surface area contributed by atoms with Crippen molar-refractivity contribution in [2.75, 3.05) is 11.4 Å². The molecule has 4 aromatic rings. The molecule has 0 radical (unpaired) electrons. The number of carbonyl (C=O) groups is 1. The number of amides is 1. The van der Waals surface area contributed by atoms with Crippen LogP contribution in [0, 0.1) is 0 Å². The summed E-state index contributed by atoms with van der Waals surface area (Å²) in [6, 6.07) is 26.6. The molecular weight excluding hydrogens is 488 g/mol. The number of nitrogens with zero attached hydrogens (tertiary/aromatic N) is 3. The van der Waals surface area contributed by atoms with Gasteiger partial charge >= 0.3 is 0 Å². The van der Waals surface area contributed by atoms with Crippen molar-refractivity contribution >= 4 is 38.6 Å². The first-order valence-electron chi connectivity index (χ1n) is 11.7. The first-order chi connectivity index (χ1) is 16.6. The number of hydrogen-bond acceptors (Lipinski definition) is 4. The van der Waals surface area contributed by atoms with Crippen LogP contribution in [0.3, 0.4) is 0 Å². The van der Waals surface area contributed by atoms with Crippen LogP contribution in [0.25, 0.3) is 22.3 Å². The number of para-hydroxylation sites is 1. The quantitative estimate of drug-likeness (QED) is 0.300. The minimum absolute atomic E-state index is 0.0221. The third-order valence-electron chi connectivity index (χ3n) is 6.18. The molecule has 0 spiro atoms. The normalized spacial score (nSPS) is 14.1. The monoisotopic (exact) mass is 514 g/mol. The maximum Gasteiger partial charge on any atom is 0.222 e. The summed E-state index contributed by atoms with van der Waals surface area (Å²) in [5.41, 5.74) is 2.98. The molecule has 5 rings (SSSR count). The molecule has 0 bridgehead atoms. The van der Waals surface area contributed by atoms with Crippen LogP contribution >= 0.6 is 15.9 Å². The number of anilines is 1. The van der Waals surface area contributed by atoms with E-state index in [0.29, 0.717) is 24.8 Å². The van der Waals surface area contributed by atoms with Crippen LogP contribution in [0.2, 0.25) is 0 Å². The molecule has 1 aliphatic rings. The van der Waals surface area contributed by atoms with Crippen molar-refractivity contribution in [3.05, 3.63) is 88.9 Å². The summed E-state index contributed by atoms with van der Waals surface area (Å²) in [4.78, 5) is 25.0. The molecule has 1 aromatic heterocycles. The summed E-state index contributed by atoms with van der Waals surface area (Å²) >= 11 is 3.56. The molecule has 34 heavy (non-hydrogen) atoms. The molecule has 1 saturated carbocycles. The average molecular weight is 515 g/mol. The summed E-state index contributed by atoms with van der Waals surface area (Å²) < 4.78 is 0.992. The second kappa shape index (κ2) is 9.94. The Labute approximate surface area is 208 Å². The molecule has 1 atom stereocenters. The van der Waals surface area contributed by atoms with Crippen LogP contribution in [0.4, 0.5) is 5.82 Å². The Hall–Kier alpha value is -3.25. The number of carbonyl (C=O) groups excluding carboxylic acids is 1. The molecule has 1 amide bonds. The van der Waals surface area contributed by atoms with Crippen LogP contribution in [0.15, 0.2) is 83.3 Å². The van der Waals surface area contributed by atoms with Crippen LogP contribution in [0.5, 0.6) is 0 Å². The van der Waals surface area contributed by atoms with Crippen molar-refractivity contribution in [3.8, 4) is 11.4 Å². The van der Waals surface area contributed by atoms with Gasteiger partial charge in [0.05, 0.1) is 11.6 Å². The third-order valence-corrected chi connectivity index (χ3v) is 6.68. The van der Waals surface area contributed by atoms with Crippen molar-refractivity contribution in [2.24, 2.45) is 0 Å². The number of aromatic nitrogens is 2. The van der Waals surface area contributed by atoms with Gasteiger partial charge in [-0.25, -0.2) is 9.97 Å². The number of rotatable bonds is 8. The van der Waals surface area contributed by atoms with Gasteiger partial charge in [0.15, 0.2) is 5.82 Å². The molecule has 5 nitrogen and oxygen atoms in total. The van der Waals surface area contributed by atoms with E-state index in [1.165, 1.54) is 0 Å². The van der Waals surface area contributed by atoms with Crippen molar-refractivity contribution in [1.29, 1.82) is 0 Å². The molecule has 1 fully saturated rings. The predicted molar refractivity (Wildman–Crippen MR) is 141 cm³/mol. The van der Waals surface area contributed by atoms with Crippen molar-refractivity contribution in [1.82, 2.24) is 15.3 Å². The van der Waals surface area contributed by atoms with Gasteiger partial charge < -0.3 is 10.2 Å².